The molecule has 6 rings (SSSR count). The minimum atomic E-state index is -3.14. The summed E-state index contributed by atoms with van der Waals surface area (Å²) in [4.78, 5) is 25.6. The maximum Gasteiger partial charge on any atom is 0.344 e. The SMILES string of the molecule is CCc1ccc(-c2cc3ccc(OCCC(F)C(F)CC[Si](C)(OC)O[Si](C)(CCC(F)C(F)CCOc4ccc5cc(-c6ccc(CC)cc6)c(=O)oc5c4)OC)cc3oc2=O)cc1. The van der Waals surface area contributed by atoms with Crippen molar-refractivity contribution in [3.05, 3.63) is 129 Å². The van der Waals surface area contributed by atoms with Gasteiger partial charge in [0.1, 0.15) is 47.4 Å². The van der Waals surface area contributed by atoms with Gasteiger partial charge in [-0.2, -0.15) is 0 Å². The summed E-state index contributed by atoms with van der Waals surface area (Å²) in [5.41, 5.74) is 4.34. The van der Waals surface area contributed by atoms with E-state index in [1.54, 1.807) is 61.6 Å². The molecule has 6 aromatic rings. The highest BCUT2D eigenvalue weighted by Crippen LogP contribution is 2.31. The van der Waals surface area contributed by atoms with Crippen LogP contribution in [-0.2, 0) is 25.8 Å². The molecule has 0 amide bonds. The van der Waals surface area contributed by atoms with Crippen molar-refractivity contribution in [3.8, 4) is 33.8 Å². The Bertz CT molecular complexity index is 2430. The van der Waals surface area contributed by atoms with Gasteiger partial charge in [0.25, 0.3) is 0 Å². The van der Waals surface area contributed by atoms with Crippen LogP contribution in [0.15, 0.2) is 115 Å². The normalized spacial score (nSPS) is 15.5. The zero-order chi connectivity index (χ0) is 46.7. The molecule has 0 aliphatic carbocycles. The van der Waals surface area contributed by atoms with Gasteiger partial charge in [-0.1, -0.05) is 62.4 Å². The summed E-state index contributed by atoms with van der Waals surface area (Å²) < 4.78 is 101. The summed E-state index contributed by atoms with van der Waals surface area (Å²) in [6.07, 6.45) is -6.39. The predicted octanol–water partition coefficient (Wildman–Crippen LogP) is 12.2. The second-order valence-corrected chi connectivity index (χ2v) is 23.8. The molecule has 4 aromatic carbocycles. The van der Waals surface area contributed by atoms with Gasteiger partial charge in [0.15, 0.2) is 0 Å². The number of ether oxygens (including phenoxy) is 2. The second kappa shape index (κ2) is 22.4. The van der Waals surface area contributed by atoms with Gasteiger partial charge in [0, 0.05) is 50.0 Å². The molecule has 0 N–H and O–H groups in total. The number of alkyl halides is 4. The van der Waals surface area contributed by atoms with E-state index >= 15 is 17.6 Å². The Labute approximate surface area is 379 Å². The highest BCUT2D eigenvalue weighted by atomic mass is 28.5. The summed E-state index contributed by atoms with van der Waals surface area (Å²) in [5.74, 6) is 0.703. The van der Waals surface area contributed by atoms with E-state index in [1.165, 1.54) is 14.2 Å². The molecule has 2 aromatic heterocycles. The van der Waals surface area contributed by atoms with Crippen molar-refractivity contribution in [2.24, 2.45) is 0 Å². The molecule has 2 heterocycles. The molecule has 0 fully saturated rings. The lowest BCUT2D eigenvalue weighted by Gasteiger charge is -2.36. The van der Waals surface area contributed by atoms with Crippen molar-refractivity contribution in [2.45, 2.75) is 102 Å². The Hall–Kier alpha value is -5.07. The molecule has 0 aliphatic heterocycles. The molecule has 0 saturated heterocycles. The van der Waals surface area contributed by atoms with E-state index in [9.17, 15) is 9.59 Å². The average Bonchev–Trinajstić information content (AvgIpc) is 3.32. The maximum atomic E-state index is 15.2. The van der Waals surface area contributed by atoms with Crippen LogP contribution in [0.25, 0.3) is 44.2 Å². The Kier molecular flexibility index (Phi) is 17.0. The van der Waals surface area contributed by atoms with Gasteiger partial charge in [-0.15, -0.1) is 0 Å². The van der Waals surface area contributed by atoms with Crippen LogP contribution in [0.5, 0.6) is 11.5 Å². The zero-order valence-corrected chi connectivity index (χ0v) is 39.8. The molecule has 6 unspecified atom stereocenters. The summed E-state index contributed by atoms with van der Waals surface area (Å²) in [7, 11) is -3.41. The molecule has 348 valence electrons. The first-order valence-electron chi connectivity index (χ1n) is 22.1. The van der Waals surface area contributed by atoms with Crippen LogP contribution in [0.2, 0.25) is 25.2 Å². The van der Waals surface area contributed by atoms with E-state index in [-0.39, 0.29) is 51.0 Å². The molecule has 9 nitrogen and oxygen atoms in total. The monoisotopic (exact) mass is 934 g/mol. The summed E-state index contributed by atoms with van der Waals surface area (Å²) in [5, 5.41) is 1.38. The fraction of sp³-hybridized carbons (Fsp3) is 0.400. The molecular weight excluding hydrogens is 877 g/mol. The number of hydrogen-bond donors (Lipinski definition) is 0. The van der Waals surface area contributed by atoms with Crippen molar-refractivity contribution in [1.82, 2.24) is 0 Å². The molecular formula is C50H58F4O9Si2. The standard InChI is InChI=1S/C50H58F4O9Si2/c1-7-33-9-13-35(14-10-33)41-29-37-17-19-39(31-47(37)61-49(41)55)59-25-21-43(51)45(53)23-27-64(5,57-3)63-65(6,58-4)28-24-46(54)44(52)22-26-60-40-20-18-38-30-42(50(56)62-48(38)32-40)36-15-11-34(8-2)12-16-36/h9-20,29-32,43-46H,7-8,21-28H2,1-6H3. The lowest BCUT2D eigenvalue weighted by atomic mass is 10.0. The molecule has 0 spiro atoms. The van der Waals surface area contributed by atoms with Crippen molar-refractivity contribution < 1.29 is 48.8 Å². The van der Waals surface area contributed by atoms with E-state index in [1.807, 2.05) is 48.5 Å². The molecule has 0 saturated carbocycles. The van der Waals surface area contributed by atoms with Crippen LogP contribution in [-0.4, -0.2) is 69.2 Å². The highest BCUT2D eigenvalue weighted by molar-refractivity contribution is 6.80. The van der Waals surface area contributed by atoms with Crippen LogP contribution in [0, 0.1) is 0 Å². The lowest BCUT2D eigenvalue weighted by Crippen LogP contribution is -2.51. The van der Waals surface area contributed by atoms with E-state index in [0.29, 0.717) is 44.6 Å². The van der Waals surface area contributed by atoms with Gasteiger partial charge in [-0.05, 0) is 110 Å². The van der Waals surface area contributed by atoms with Crippen molar-refractivity contribution in [1.29, 1.82) is 0 Å². The first-order valence-corrected chi connectivity index (χ1v) is 27.2. The van der Waals surface area contributed by atoms with Crippen LogP contribution >= 0.6 is 0 Å². The van der Waals surface area contributed by atoms with Crippen LogP contribution in [0.3, 0.4) is 0 Å². The maximum absolute atomic E-state index is 15.2. The first kappa shape index (κ1) is 49.4. The van der Waals surface area contributed by atoms with Gasteiger partial charge < -0.3 is 31.3 Å². The van der Waals surface area contributed by atoms with Gasteiger partial charge in [0.2, 0.25) is 0 Å². The molecule has 6 atom stereocenters. The zero-order valence-electron chi connectivity index (χ0n) is 37.8. The van der Waals surface area contributed by atoms with E-state index in [0.717, 1.165) is 35.1 Å². The van der Waals surface area contributed by atoms with Gasteiger partial charge >= 0.3 is 28.4 Å². The fourth-order valence-electron chi connectivity index (χ4n) is 7.55. The number of benzene rings is 4. The van der Waals surface area contributed by atoms with Crippen molar-refractivity contribution >= 4 is 39.1 Å². The van der Waals surface area contributed by atoms with E-state index < -0.39 is 53.1 Å². The predicted molar refractivity (Wildman–Crippen MR) is 252 cm³/mol. The first-order chi connectivity index (χ1) is 31.1. The summed E-state index contributed by atoms with van der Waals surface area (Å²) >= 11 is 0. The Morgan fingerprint density at radius 3 is 1.25 bits per heavy atom. The van der Waals surface area contributed by atoms with Crippen LogP contribution < -0.4 is 20.7 Å². The van der Waals surface area contributed by atoms with Gasteiger partial charge in [-0.25, -0.2) is 27.2 Å². The van der Waals surface area contributed by atoms with Crippen molar-refractivity contribution in [3.63, 3.8) is 0 Å². The summed E-state index contributed by atoms with van der Waals surface area (Å²) in [6.45, 7) is 7.31. The Morgan fingerprint density at radius 1 is 0.523 bits per heavy atom. The second-order valence-electron chi connectivity index (χ2n) is 16.6. The van der Waals surface area contributed by atoms with Gasteiger partial charge in [0.05, 0.1) is 24.3 Å². The minimum absolute atomic E-state index is 0.0979. The van der Waals surface area contributed by atoms with E-state index in [2.05, 4.69) is 13.8 Å². The lowest BCUT2D eigenvalue weighted by molar-refractivity contribution is 0.128. The summed E-state index contributed by atoms with van der Waals surface area (Å²) in [6, 6.07) is 29.1. The van der Waals surface area contributed by atoms with Gasteiger partial charge in [-0.3, -0.25) is 0 Å². The largest absolute Gasteiger partial charge is 0.493 e. The fourth-order valence-corrected chi connectivity index (χ4v) is 14.7. The third-order valence-corrected chi connectivity index (χ3v) is 19.5. The Morgan fingerprint density at radius 2 is 0.892 bits per heavy atom. The van der Waals surface area contributed by atoms with Crippen molar-refractivity contribution in [2.75, 3.05) is 27.4 Å². The Balaban J connectivity index is 0.926. The smallest absolute Gasteiger partial charge is 0.344 e. The quantitative estimate of drug-likeness (QED) is 0.0333. The number of fused-ring (bicyclic) bond motifs is 2. The third-order valence-electron chi connectivity index (χ3n) is 11.9. The minimum Gasteiger partial charge on any atom is -0.493 e. The van der Waals surface area contributed by atoms with Crippen LogP contribution in [0.4, 0.5) is 17.6 Å². The molecule has 15 heteroatoms. The number of rotatable bonds is 24. The van der Waals surface area contributed by atoms with Crippen LogP contribution in [0.1, 0.15) is 50.7 Å². The molecule has 65 heavy (non-hydrogen) atoms. The average molecular weight is 935 g/mol. The highest BCUT2D eigenvalue weighted by Gasteiger charge is 2.43. The molecule has 0 aliphatic rings. The number of aryl methyl sites for hydroxylation is 2. The van der Waals surface area contributed by atoms with E-state index in [4.69, 9.17) is 31.3 Å². The number of halogens is 4. The third kappa shape index (κ3) is 13.1. The molecule has 0 bridgehead atoms. The topological polar surface area (TPSA) is 107 Å². The molecule has 0 radical (unpaired) electrons. The number of hydrogen-bond acceptors (Lipinski definition) is 9.